The number of H-pyrrole nitrogens is 1. The molecule has 1 aliphatic rings. The maximum Gasteiger partial charge on any atom is 0.239 e. The molecule has 0 radical (unpaired) electrons. The third-order valence-electron chi connectivity index (χ3n) is 1.69. The minimum Gasteiger partial charge on any atom is -0.367 e. The van der Waals surface area contributed by atoms with E-state index in [1.807, 2.05) is 0 Å². The third-order valence-corrected chi connectivity index (χ3v) is 1.69. The summed E-state index contributed by atoms with van der Waals surface area (Å²) in [4.78, 5) is 4.00. The van der Waals surface area contributed by atoms with E-state index < -0.39 is 0 Å². The molecule has 1 aliphatic heterocycles. The van der Waals surface area contributed by atoms with Gasteiger partial charge in [0.1, 0.15) is 5.82 Å². The molecule has 4 N–H and O–H groups in total. The fourth-order valence-corrected chi connectivity index (χ4v) is 0.953. The summed E-state index contributed by atoms with van der Waals surface area (Å²) < 4.78 is 0. The van der Waals surface area contributed by atoms with Crippen molar-refractivity contribution in [3.8, 4) is 0 Å². The van der Waals surface area contributed by atoms with Crippen molar-refractivity contribution in [3.05, 3.63) is 5.82 Å². The second-order valence-corrected chi connectivity index (χ2v) is 2.43. The van der Waals surface area contributed by atoms with Crippen LogP contribution in [0.3, 0.4) is 0 Å². The van der Waals surface area contributed by atoms with Crippen molar-refractivity contribution in [3.63, 3.8) is 0 Å². The Morgan fingerprint density at radius 3 is 2.70 bits per heavy atom. The molecule has 0 aromatic carbocycles. The van der Waals surface area contributed by atoms with E-state index in [0.717, 1.165) is 18.9 Å². The van der Waals surface area contributed by atoms with Gasteiger partial charge in [0, 0.05) is 19.0 Å². The van der Waals surface area contributed by atoms with Crippen LogP contribution >= 0.6 is 0 Å². The van der Waals surface area contributed by atoms with Crippen molar-refractivity contribution < 1.29 is 0 Å². The van der Waals surface area contributed by atoms with Gasteiger partial charge in [-0.25, -0.2) is 0 Å². The molecule has 1 aromatic rings. The first-order chi connectivity index (χ1) is 4.86. The van der Waals surface area contributed by atoms with Crippen molar-refractivity contribution >= 4 is 5.95 Å². The quantitative estimate of drug-likeness (QED) is 0.470. The van der Waals surface area contributed by atoms with Crippen LogP contribution in [0.5, 0.6) is 0 Å². The molecule has 1 saturated heterocycles. The highest BCUT2D eigenvalue weighted by molar-refractivity contribution is 5.16. The molecule has 0 bridgehead atoms. The van der Waals surface area contributed by atoms with Crippen LogP contribution in [0.1, 0.15) is 11.7 Å². The number of nitrogen functional groups attached to an aromatic ring is 1. The molecule has 2 rings (SSSR count). The largest absolute Gasteiger partial charge is 0.367 e. The highest BCUT2D eigenvalue weighted by Gasteiger charge is 2.21. The molecular weight excluding hydrogens is 130 g/mol. The topological polar surface area (TPSA) is 79.6 Å². The molecule has 5 nitrogen and oxygen atoms in total. The lowest BCUT2D eigenvalue weighted by molar-refractivity contribution is 0.431. The number of nitrogens with one attached hydrogen (secondary N) is 2. The lowest BCUT2D eigenvalue weighted by Crippen LogP contribution is -2.40. The zero-order valence-electron chi connectivity index (χ0n) is 5.46. The van der Waals surface area contributed by atoms with Gasteiger partial charge in [-0.3, -0.25) is 5.10 Å². The van der Waals surface area contributed by atoms with Gasteiger partial charge >= 0.3 is 0 Å². The Kier molecular flexibility index (Phi) is 1.10. The maximum absolute atomic E-state index is 5.32. The van der Waals surface area contributed by atoms with E-state index in [-0.39, 0.29) is 0 Å². The van der Waals surface area contributed by atoms with Crippen LogP contribution in [0, 0.1) is 0 Å². The summed E-state index contributed by atoms with van der Waals surface area (Å²) in [6.45, 7) is 1.96. The molecule has 10 heavy (non-hydrogen) atoms. The lowest BCUT2D eigenvalue weighted by Gasteiger charge is -2.24. The molecule has 0 spiro atoms. The zero-order valence-corrected chi connectivity index (χ0v) is 5.46. The first-order valence-electron chi connectivity index (χ1n) is 3.25. The standard InChI is InChI=1S/C5H9N5/c6-5-8-4(9-10-5)3-1-7-2-3/h3,7H,1-2H2,(H3,6,8,9,10). The van der Waals surface area contributed by atoms with Crippen LogP contribution in [-0.4, -0.2) is 28.3 Å². The predicted octanol–water partition coefficient (Wildman–Crippen LogP) is -0.926. The van der Waals surface area contributed by atoms with E-state index in [1.165, 1.54) is 0 Å². The van der Waals surface area contributed by atoms with Gasteiger partial charge in [-0.1, -0.05) is 0 Å². The maximum atomic E-state index is 5.32. The molecule has 0 aliphatic carbocycles. The number of rotatable bonds is 1. The highest BCUT2D eigenvalue weighted by Crippen LogP contribution is 2.14. The van der Waals surface area contributed by atoms with Crippen LogP contribution < -0.4 is 11.1 Å². The van der Waals surface area contributed by atoms with Gasteiger partial charge in [-0.2, -0.15) is 4.98 Å². The third kappa shape index (κ3) is 0.750. The second-order valence-electron chi connectivity index (χ2n) is 2.43. The highest BCUT2D eigenvalue weighted by atomic mass is 15.3. The van der Waals surface area contributed by atoms with E-state index in [4.69, 9.17) is 5.73 Å². The molecular formula is C5H9N5. The zero-order chi connectivity index (χ0) is 6.97. The molecule has 54 valence electrons. The van der Waals surface area contributed by atoms with Gasteiger partial charge in [-0.05, 0) is 0 Å². The smallest absolute Gasteiger partial charge is 0.239 e. The van der Waals surface area contributed by atoms with Crippen molar-refractivity contribution in [1.29, 1.82) is 0 Å². The summed E-state index contributed by atoms with van der Waals surface area (Å²) in [5.41, 5.74) is 5.32. The minimum absolute atomic E-state index is 0.335. The van der Waals surface area contributed by atoms with E-state index in [2.05, 4.69) is 20.5 Å². The van der Waals surface area contributed by atoms with E-state index in [9.17, 15) is 0 Å². The Hall–Kier alpha value is -1.10. The van der Waals surface area contributed by atoms with E-state index >= 15 is 0 Å². The Bertz CT molecular complexity index is 226. The molecule has 0 unspecified atom stereocenters. The lowest BCUT2D eigenvalue weighted by atomic mass is 10.0. The van der Waals surface area contributed by atoms with Crippen molar-refractivity contribution in [2.24, 2.45) is 0 Å². The van der Waals surface area contributed by atoms with Gasteiger partial charge < -0.3 is 11.1 Å². The number of anilines is 1. The van der Waals surface area contributed by atoms with Gasteiger partial charge in [-0.15, -0.1) is 5.10 Å². The number of aromatic nitrogens is 3. The Morgan fingerprint density at radius 1 is 1.50 bits per heavy atom. The molecule has 0 saturated carbocycles. The van der Waals surface area contributed by atoms with E-state index in [1.54, 1.807) is 0 Å². The predicted molar refractivity (Wildman–Crippen MR) is 36.4 cm³/mol. The van der Waals surface area contributed by atoms with E-state index in [0.29, 0.717) is 11.9 Å². The van der Waals surface area contributed by atoms with Crippen LogP contribution in [-0.2, 0) is 0 Å². The van der Waals surface area contributed by atoms with Crippen molar-refractivity contribution in [1.82, 2.24) is 20.5 Å². The average Bonchev–Trinajstić information content (AvgIpc) is 2.10. The first-order valence-corrected chi connectivity index (χ1v) is 3.25. The van der Waals surface area contributed by atoms with Gasteiger partial charge in [0.25, 0.3) is 0 Å². The number of hydrogen-bond donors (Lipinski definition) is 3. The SMILES string of the molecule is Nc1n[nH]c(C2CNC2)n1. The Labute approximate surface area is 58.0 Å². The molecule has 2 heterocycles. The number of nitrogens with two attached hydrogens (primary N) is 1. The first kappa shape index (κ1) is 5.67. The normalized spacial score (nSPS) is 18.8. The summed E-state index contributed by atoms with van der Waals surface area (Å²) in [5, 5.41) is 9.66. The van der Waals surface area contributed by atoms with Crippen molar-refractivity contribution in [2.75, 3.05) is 18.8 Å². The Morgan fingerprint density at radius 2 is 2.30 bits per heavy atom. The minimum atomic E-state index is 0.335. The summed E-state index contributed by atoms with van der Waals surface area (Å²) >= 11 is 0. The van der Waals surface area contributed by atoms with Crippen LogP contribution in [0.25, 0.3) is 0 Å². The second kappa shape index (κ2) is 1.95. The molecule has 0 atom stereocenters. The van der Waals surface area contributed by atoms with Gasteiger partial charge in [0.15, 0.2) is 0 Å². The number of hydrogen-bond acceptors (Lipinski definition) is 4. The molecule has 1 aromatic heterocycles. The molecule has 0 amide bonds. The number of nitrogens with zero attached hydrogens (tertiary/aromatic N) is 2. The van der Waals surface area contributed by atoms with Gasteiger partial charge in [0.2, 0.25) is 5.95 Å². The summed E-state index contributed by atoms with van der Waals surface area (Å²) in [6, 6.07) is 0. The molecule has 1 fully saturated rings. The fourth-order valence-electron chi connectivity index (χ4n) is 0.953. The number of aromatic amines is 1. The summed E-state index contributed by atoms with van der Waals surface area (Å²) in [7, 11) is 0. The Balaban J connectivity index is 2.17. The summed E-state index contributed by atoms with van der Waals surface area (Å²) in [6.07, 6.45) is 0. The van der Waals surface area contributed by atoms with Crippen molar-refractivity contribution in [2.45, 2.75) is 5.92 Å². The van der Waals surface area contributed by atoms with Crippen LogP contribution in [0.15, 0.2) is 0 Å². The summed E-state index contributed by atoms with van der Waals surface area (Å²) in [5.74, 6) is 1.72. The van der Waals surface area contributed by atoms with Gasteiger partial charge in [0.05, 0.1) is 0 Å². The van der Waals surface area contributed by atoms with Crippen LogP contribution in [0.2, 0.25) is 0 Å². The fraction of sp³-hybridized carbons (Fsp3) is 0.600. The van der Waals surface area contributed by atoms with Crippen LogP contribution in [0.4, 0.5) is 5.95 Å². The average molecular weight is 139 g/mol. The molecule has 5 heteroatoms. The monoisotopic (exact) mass is 139 g/mol.